The summed E-state index contributed by atoms with van der Waals surface area (Å²) in [6, 6.07) is 19.5. The molecule has 0 saturated carbocycles. The summed E-state index contributed by atoms with van der Waals surface area (Å²) >= 11 is 0. The topological polar surface area (TPSA) is 87.6 Å². The molecule has 118 valence electrons. The smallest absolute Gasteiger partial charge is 0.360 e. The van der Waals surface area contributed by atoms with Crippen LogP contribution in [0.3, 0.4) is 0 Å². The van der Waals surface area contributed by atoms with E-state index in [0.717, 1.165) is 0 Å². The van der Waals surface area contributed by atoms with Crippen LogP contribution in [0.25, 0.3) is 16.3 Å². The van der Waals surface area contributed by atoms with Crippen molar-refractivity contribution < 1.29 is 18.0 Å². The van der Waals surface area contributed by atoms with Crippen LogP contribution in [0, 0.1) is 0 Å². The number of rotatable bonds is 3. The zero-order valence-electron chi connectivity index (χ0n) is 12.5. The number of carbonyl (C=O) groups is 1. The van der Waals surface area contributed by atoms with E-state index in [-0.39, 0.29) is 10.5 Å². The van der Waals surface area contributed by atoms with Gasteiger partial charge >= 0.3 is 5.04 Å². The maximum atomic E-state index is 12.9. The highest BCUT2D eigenvalue weighted by Crippen LogP contribution is 2.25. The Morgan fingerprint density at radius 2 is 1.46 bits per heavy atom. The van der Waals surface area contributed by atoms with Crippen molar-refractivity contribution in [1.82, 2.24) is 0 Å². The Balaban J connectivity index is 2.19. The van der Waals surface area contributed by atoms with Gasteiger partial charge in [-0.05, 0) is 11.5 Å². The van der Waals surface area contributed by atoms with Crippen LogP contribution in [0.2, 0.25) is 0 Å². The zero-order valence-corrected chi connectivity index (χ0v) is 13.3. The minimum absolute atomic E-state index is 0.0716. The molecule has 0 saturated heterocycles. The Morgan fingerprint density at radius 1 is 0.833 bits per heavy atom. The SMILES string of the molecule is [N-]=[N+]=C(C(=O)c1ccccc1)S(=O)(=O)c1cccc2ccccc12. The Hall–Kier alpha value is -3.08. The number of ketones is 1. The van der Waals surface area contributed by atoms with E-state index in [1.807, 2.05) is 0 Å². The monoisotopic (exact) mass is 336 g/mol. The quantitative estimate of drug-likeness (QED) is 0.242. The molecule has 24 heavy (non-hydrogen) atoms. The average Bonchev–Trinajstić information content (AvgIpc) is 2.62. The number of carbonyl (C=O) groups excluding carboxylic acids is 1. The van der Waals surface area contributed by atoms with Gasteiger partial charge in [0.05, 0.1) is 4.90 Å². The largest absolute Gasteiger partial charge is 0.456 e. The number of hydrogen-bond acceptors (Lipinski definition) is 3. The molecule has 5 nitrogen and oxygen atoms in total. The lowest BCUT2D eigenvalue weighted by molar-refractivity contribution is -0.00157. The molecule has 0 atom stereocenters. The van der Waals surface area contributed by atoms with Gasteiger partial charge in [0, 0.05) is 10.9 Å². The Bertz CT molecular complexity index is 1080. The maximum absolute atomic E-state index is 12.9. The second-order valence-electron chi connectivity index (χ2n) is 5.08. The molecule has 0 bridgehead atoms. The molecule has 0 aliphatic rings. The molecule has 0 unspecified atom stereocenters. The fraction of sp³-hybridized carbons (Fsp3) is 0. The molecule has 0 radical (unpaired) electrons. The third-order valence-electron chi connectivity index (χ3n) is 3.61. The molecule has 0 aromatic heterocycles. The van der Waals surface area contributed by atoms with E-state index >= 15 is 0 Å². The Labute approximate surface area is 138 Å². The highest BCUT2D eigenvalue weighted by Gasteiger charge is 2.38. The second-order valence-corrected chi connectivity index (χ2v) is 6.91. The zero-order chi connectivity index (χ0) is 17.2. The van der Waals surface area contributed by atoms with Gasteiger partial charge in [0.25, 0.3) is 15.6 Å². The number of sulfone groups is 1. The number of fused-ring (bicyclic) bond motifs is 1. The molecule has 0 fully saturated rings. The van der Waals surface area contributed by atoms with Crippen LogP contribution in [0.4, 0.5) is 0 Å². The van der Waals surface area contributed by atoms with Crippen molar-refractivity contribution in [3.05, 3.63) is 83.9 Å². The lowest BCUT2D eigenvalue weighted by Crippen LogP contribution is -2.26. The summed E-state index contributed by atoms with van der Waals surface area (Å²) in [4.78, 5) is 15.2. The van der Waals surface area contributed by atoms with Crippen molar-refractivity contribution in [3.63, 3.8) is 0 Å². The van der Waals surface area contributed by atoms with E-state index in [1.165, 1.54) is 18.2 Å². The van der Waals surface area contributed by atoms with E-state index in [4.69, 9.17) is 0 Å². The van der Waals surface area contributed by atoms with Crippen LogP contribution in [0.1, 0.15) is 10.4 Å². The van der Waals surface area contributed by atoms with Gasteiger partial charge in [0.15, 0.2) is 0 Å². The predicted molar refractivity (Wildman–Crippen MR) is 90.5 cm³/mol. The molecule has 0 aliphatic heterocycles. The molecular formula is C18H12N2O3S. The molecule has 3 aromatic rings. The minimum Gasteiger partial charge on any atom is -0.360 e. The van der Waals surface area contributed by atoms with Gasteiger partial charge in [-0.15, -0.1) is 4.79 Å². The van der Waals surface area contributed by atoms with Gasteiger partial charge < -0.3 is 5.53 Å². The highest BCUT2D eigenvalue weighted by atomic mass is 32.2. The van der Waals surface area contributed by atoms with E-state index in [9.17, 15) is 18.7 Å². The standard InChI is InChI=1S/C18H12N2O3S/c19-20-18(17(21)14-8-2-1-3-9-14)24(22,23)16-12-6-10-13-7-4-5-11-15(13)16/h1-12H. The second kappa shape index (κ2) is 6.20. The summed E-state index contributed by atoms with van der Waals surface area (Å²) in [6.07, 6.45) is 0. The predicted octanol–water partition coefficient (Wildman–Crippen LogP) is 3.12. The fourth-order valence-electron chi connectivity index (χ4n) is 2.47. The average molecular weight is 336 g/mol. The Morgan fingerprint density at radius 3 is 2.17 bits per heavy atom. The van der Waals surface area contributed by atoms with Crippen LogP contribution in [-0.4, -0.2) is 24.0 Å². The van der Waals surface area contributed by atoms with Crippen molar-refractivity contribution in [2.75, 3.05) is 0 Å². The van der Waals surface area contributed by atoms with Gasteiger partial charge in [-0.1, -0.05) is 66.7 Å². The van der Waals surface area contributed by atoms with Crippen LogP contribution in [0.15, 0.2) is 77.7 Å². The minimum atomic E-state index is -4.27. The van der Waals surface area contributed by atoms with E-state index in [0.29, 0.717) is 10.8 Å². The van der Waals surface area contributed by atoms with E-state index in [2.05, 4.69) is 4.79 Å². The van der Waals surface area contributed by atoms with Gasteiger partial charge in [-0.2, -0.15) is 0 Å². The molecule has 0 heterocycles. The summed E-state index contributed by atoms with van der Waals surface area (Å²) in [7, 11) is -4.27. The summed E-state index contributed by atoms with van der Waals surface area (Å²) in [6.45, 7) is 0. The molecule has 6 heteroatoms. The van der Waals surface area contributed by atoms with Crippen molar-refractivity contribution in [2.24, 2.45) is 0 Å². The van der Waals surface area contributed by atoms with Gasteiger partial charge in [0.1, 0.15) is 0 Å². The molecule has 0 aliphatic carbocycles. The molecule has 3 aromatic carbocycles. The number of nitrogens with zero attached hydrogens (tertiary/aromatic N) is 2. The van der Waals surface area contributed by atoms with E-state index in [1.54, 1.807) is 54.6 Å². The third kappa shape index (κ3) is 2.65. The molecule has 0 amide bonds. The normalized spacial score (nSPS) is 11.0. The van der Waals surface area contributed by atoms with Gasteiger partial charge in [-0.25, -0.2) is 8.42 Å². The third-order valence-corrected chi connectivity index (χ3v) is 5.33. The number of Topliss-reactive ketones (excluding diaryl/α,β-unsaturated/α-hetero) is 1. The number of benzene rings is 3. The molecule has 0 spiro atoms. The first-order valence-electron chi connectivity index (χ1n) is 7.10. The summed E-state index contributed by atoms with van der Waals surface area (Å²) in [5.74, 6) is -0.856. The van der Waals surface area contributed by atoms with Crippen LogP contribution in [0.5, 0.6) is 0 Å². The van der Waals surface area contributed by atoms with Crippen LogP contribution >= 0.6 is 0 Å². The highest BCUT2D eigenvalue weighted by molar-refractivity contribution is 8.08. The lowest BCUT2D eigenvalue weighted by atomic mass is 10.1. The van der Waals surface area contributed by atoms with Crippen LogP contribution < -0.4 is 0 Å². The van der Waals surface area contributed by atoms with Crippen molar-refractivity contribution in [1.29, 1.82) is 0 Å². The summed E-state index contributed by atoms with van der Waals surface area (Å²) in [5.41, 5.74) is 9.35. The maximum Gasteiger partial charge on any atom is 0.456 e. The first kappa shape index (κ1) is 15.8. The van der Waals surface area contributed by atoms with E-state index < -0.39 is 20.7 Å². The van der Waals surface area contributed by atoms with Crippen molar-refractivity contribution in [2.45, 2.75) is 4.90 Å². The summed E-state index contributed by atoms with van der Waals surface area (Å²) < 4.78 is 25.8. The number of hydrogen-bond donors (Lipinski definition) is 0. The van der Waals surface area contributed by atoms with Gasteiger partial charge in [-0.3, -0.25) is 4.79 Å². The van der Waals surface area contributed by atoms with Gasteiger partial charge in [0.2, 0.25) is 0 Å². The Kier molecular flexibility index (Phi) is 4.08. The molecular weight excluding hydrogens is 324 g/mol. The molecule has 0 N–H and O–H groups in total. The van der Waals surface area contributed by atoms with Crippen molar-refractivity contribution in [3.8, 4) is 0 Å². The van der Waals surface area contributed by atoms with Crippen molar-refractivity contribution >= 4 is 31.4 Å². The first-order valence-corrected chi connectivity index (χ1v) is 8.58. The molecule has 3 rings (SSSR count). The summed E-state index contributed by atoms with van der Waals surface area (Å²) in [5, 5.41) is 0.273. The first-order chi connectivity index (χ1) is 11.6. The fourth-order valence-corrected chi connectivity index (χ4v) is 3.88. The lowest BCUT2D eigenvalue weighted by Gasteiger charge is -2.05. The van der Waals surface area contributed by atoms with Crippen LogP contribution in [-0.2, 0) is 9.84 Å².